The summed E-state index contributed by atoms with van der Waals surface area (Å²) in [7, 11) is 1.45. The Hall–Kier alpha value is -2.38. The molecule has 0 radical (unpaired) electrons. The molecule has 0 unspecified atom stereocenters. The van der Waals surface area contributed by atoms with Crippen molar-refractivity contribution in [3.8, 4) is 0 Å². The SMILES string of the molecule is Cn1c(C(=O)NCC2(CC(=O)O)CCC2)ccc1[N+](=O)[O-]. The highest BCUT2D eigenvalue weighted by atomic mass is 16.6. The molecule has 8 nitrogen and oxygen atoms in total. The number of carbonyl (C=O) groups excluding carboxylic acids is 1. The first-order valence-corrected chi connectivity index (χ1v) is 6.65. The Morgan fingerprint density at radius 3 is 2.57 bits per heavy atom. The molecule has 0 atom stereocenters. The normalized spacial score (nSPS) is 16.0. The molecule has 0 aliphatic heterocycles. The average Bonchev–Trinajstić information content (AvgIpc) is 2.73. The van der Waals surface area contributed by atoms with E-state index < -0.39 is 16.8 Å². The van der Waals surface area contributed by atoms with Gasteiger partial charge in [-0.1, -0.05) is 6.42 Å². The van der Waals surface area contributed by atoms with Crippen LogP contribution in [0.25, 0.3) is 0 Å². The number of nitro groups is 1. The van der Waals surface area contributed by atoms with Crippen molar-refractivity contribution in [2.75, 3.05) is 6.54 Å². The smallest absolute Gasteiger partial charge is 0.323 e. The van der Waals surface area contributed by atoms with Gasteiger partial charge in [0.1, 0.15) is 0 Å². The molecule has 0 spiro atoms. The number of amides is 1. The van der Waals surface area contributed by atoms with Crippen molar-refractivity contribution in [1.82, 2.24) is 9.88 Å². The van der Waals surface area contributed by atoms with Crippen LogP contribution < -0.4 is 5.32 Å². The van der Waals surface area contributed by atoms with E-state index in [9.17, 15) is 19.7 Å². The maximum Gasteiger partial charge on any atom is 0.323 e. The van der Waals surface area contributed by atoms with Crippen LogP contribution in [0.15, 0.2) is 12.1 Å². The third-order valence-electron chi connectivity index (χ3n) is 4.08. The van der Waals surface area contributed by atoms with Crippen LogP contribution in [-0.4, -0.2) is 33.0 Å². The fourth-order valence-electron chi connectivity index (χ4n) is 2.68. The minimum absolute atomic E-state index is 0.0283. The quantitative estimate of drug-likeness (QED) is 0.606. The van der Waals surface area contributed by atoms with Crippen molar-refractivity contribution in [3.05, 3.63) is 27.9 Å². The molecule has 1 amide bonds. The van der Waals surface area contributed by atoms with E-state index in [-0.39, 0.29) is 29.9 Å². The highest BCUT2D eigenvalue weighted by Gasteiger charge is 2.39. The molecule has 1 saturated carbocycles. The van der Waals surface area contributed by atoms with Crippen LogP contribution in [-0.2, 0) is 11.8 Å². The van der Waals surface area contributed by atoms with Crippen molar-refractivity contribution in [3.63, 3.8) is 0 Å². The Kier molecular flexibility index (Phi) is 3.97. The minimum atomic E-state index is -0.876. The number of hydrogen-bond donors (Lipinski definition) is 2. The van der Waals surface area contributed by atoms with Gasteiger partial charge in [0.25, 0.3) is 5.91 Å². The molecule has 0 saturated heterocycles. The van der Waals surface area contributed by atoms with Crippen LogP contribution in [0.1, 0.15) is 36.2 Å². The van der Waals surface area contributed by atoms with Crippen LogP contribution in [0.2, 0.25) is 0 Å². The maximum atomic E-state index is 12.1. The summed E-state index contributed by atoms with van der Waals surface area (Å²) in [4.78, 5) is 33.1. The standard InChI is InChI=1S/C13H17N3O5/c1-15-9(3-4-10(15)16(20)21)12(19)14-8-13(5-2-6-13)7-11(17)18/h3-4H,2,5-8H2,1H3,(H,14,19)(H,17,18). The number of carboxylic acids is 1. The monoisotopic (exact) mass is 295 g/mol. The van der Waals surface area contributed by atoms with Crippen LogP contribution in [0.3, 0.4) is 0 Å². The van der Waals surface area contributed by atoms with E-state index in [1.165, 1.54) is 23.7 Å². The van der Waals surface area contributed by atoms with Gasteiger partial charge in [-0.05, 0) is 29.2 Å². The highest BCUT2D eigenvalue weighted by molar-refractivity contribution is 5.93. The maximum absolute atomic E-state index is 12.1. The van der Waals surface area contributed by atoms with Gasteiger partial charge < -0.3 is 20.5 Å². The lowest BCUT2D eigenvalue weighted by Gasteiger charge is -2.40. The number of nitrogens with zero attached hydrogens (tertiary/aromatic N) is 2. The van der Waals surface area contributed by atoms with Crippen molar-refractivity contribution in [1.29, 1.82) is 0 Å². The summed E-state index contributed by atoms with van der Waals surface area (Å²) >= 11 is 0. The molecule has 0 bridgehead atoms. The predicted octanol–water partition coefficient (Wildman–Crippen LogP) is 1.31. The van der Waals surface area contributed by atoms with Gasteiger partial charge in [0.2, 0.25) is 0 Å². The lowest BCUT2D eigenvalue weighted by Crippen LogP contribution is -2.43. The fourth-order valence-corrected chi connectivity index (χ4v) is 2.68. The molecule has 2 N–H and O–H groups in total. The lowest BCUT2D eigenvalue weighted by atomic mass is 9.66. The zero-order chi connectivity index (χ0) is 15.6. The first kappa shape index (κ1) is 15.0. The molecule has 1 aliphatic rings. The van der Waals surface area contributed by atoms with E-state index in [0.717, 1.165) is 19.3 Å². The second kappa shape index (κ2) is 5.55. The topological polar surface area (TPSA) is 114 Å². The molecule has 8 heteroatoms. The highest BCUT2D eigenvalue weighted by Crippen LogP contribution is 2.43. The van der Waals surface area contributed by atoms with Gasteiger partial charge in [-0.2, -0.15) is 0 Å². The number of nitrogens with one attached hydrogen (secondary N) is 1. The van der Waals surface area contributed by atoms with Gasteiger partial charge in [-0.15, -0.1) is 0 Å². The van der Waals surface area contributed by atoms with E-state index in [2.05, 4.69) is 5.32 Å². The Labute approximate surface area is 120 Å². The summed E-state index contributed by atoms with van der Waals surface area (Å²) in [5.41, 5.74) is -0.190. The number of carbonyl (C=O) groups is 2. The van der Waals surface area contributed by atoms with E-state index >= 15 is 0 Å². The van der Waals surface area contributed by atoms with E-state index in [0.29, 0.717) is 0 Å². The molecule has 1 aromatic heterocycles. The molecule has 1 heterocycles. The minimum Gasteiger partial charge on any atom is -0.481 e. The van der Waals surface area contributed by atoms with Gasteiger partial charge >= 0.3 is 11.8 Å². The molecule has 2 rings (SSSR count). The Balaban J connectivity index is 2.02. The molecule has 114 valence electrons. The molecule has 1 fully saturated rings. The van der Waals surface area contributed by atoms with Crippen LogP contribution >= 0.6 is 0 Å². The number of rotatable bonds is 6. The van der Waals surface area contributed by atoms with Crippen molar-refractivity contribution >= 4 is 17.7 Å². The van der Waals surface area contributed by atoms with Crippen LogP contribution in [0.4, 0.5) is 5.82 Å². The van der Waals surface area contributed by atoms with Gasteiger partial charge in [0, 0.05) is 12.6 Å². The molecule has 1 aromatic rings. The van der Waals surface area contributed by atoms with Gasteiger partial charge in [-0.25, -0.2) is 4.57 Å². The molecule has 1 aliphatic carbocycles. The van der Waals surface area contributed by atoms with Crippen LogP contribution in [0.5, 0.6) is 0 Å². The summed E-state index contributed by atoms with van der Waals surface area (Å²) in [6.45, 7) is 0.275. The molecular formula is C13H17N3O5. The number of carboxylic acid groups (broad SMARTS) is 1. The van der Waals surface area contributed by atoms with Gasteiger partial charge in [0.05, 0.1) is 13.5 Å². The van der Waals surface area contributed by atoms with Crippen molar-refractivity contribution in [2.24, 2.45) is 12.5 Å². The van der Waals surface area contributed by atoms with Crippen molar-refractivity contribution < 1.29 is 19.6 Å². The van der Waals surface area contributed by atoms with Gasteiger partial charge in [-0.3, -0.25) is 9.59 Å². The zero-order valence-electron chi connectivity index (χ0n) is 11.7. The molecular weight excluding hydrogens is 278 g/mol. The summed E-state index contributed by atoms with van der Waals surface area (Å²) in [5, 5.41) is 22.3. The van der Waals surface area contributed by atoms with E-state index in [4.69, 9.17) is 5.11 Å². The second-order valence-corrected chi connectivity index (χ2v) is 5.50. The third-order valence-corrected chi connectivity index (χ3v) is 4.08. The van der Waals surface area contributed by atoms with Crippen molar-refractivity contribution in [2.45, 2.75) is 25.7 Å². The molecule has 0 aromatic carbocycles. The Morgan fingerprint density at radius 2 is 2.14 bits per heavy atom. The summed E-state index contributed by atoms with van der Waals surface area (Å²) < 4.78 is 1.21. The predicted molar refractivity (Wildman–Crippen MR) is 72.9 cm³/mol. The summed E-state index contributed by atoms with van der Waals surface area (Å²) in [6, 6.07) is 2.66. The Morgan fingerprint density at radius 1 is 1.48 bits per heavy atom. The van der Waals surface area contributed by atoms with E-state index in [1.54, 1.807) is 0 Å². The third kappa shape index (κ3) is 3.04. The first-order valence-electron chi connectivity index (χ1n) is 6.65. The van der Waals surface area contributed by atoms with Gasteiger partial charge in [0.15, 0.2) is 5.69 Å². The van der Waals surface area contributed by atoms with E-state index in [1.807, 2.05) is 0 Å². The van der Waals surface area contributed by atoms with Crippen LogP contribution in [0, 0.1) is 15.5 Å². The average molecular weight is 295 g/mol. The zero-order valence-corrected chi connectivity index (χ0v) is 11.7. The summed E-state index contributed by atoms with van der Waals surface area (Å²) in [6.07, 6.45) is 2.53. The second-order valence-electron chi connectivity index (χ2n) is 5.50. The Bertz CT molecular complexity index is 589. The lowest BCUT2D eigenvalue weighted by molar-refractivity contribution is -0.391. The molecule has 21 heavy (non-hydrogen) atoms. The number of hydrogen-bond acceptors (Lipinski definition) is 4. The first-order chi connectivity index (χ1) is 9.84. The fraction of sp³-hybridized carbons (Fsp3) is 0.538. The number of aliphatic carboxylic acids is 1. The summed E-state index contributed by atoms with van der Waals surface area (Å²) in [5.74, 6) is -1.47. The number of aromatic nitrogens is 1. The largest absolute Gasteiger partial charge is 0.481 e.